The number of ether oxygens (including phenoxy) is 2. The first-order valence-electron chi connectivity index (χ1n) is 8.95. The molecule has 2 aromatic heterocycles. The first-order valence-corrected chi connectivity index (χ1v) is 9.83. The molecule has 3 N–H and O–H groups in total. The zero-order valence-electron chi connectivity index (χ0n) is 16.0. The molecule has 152 valence electrons. The number of nitrogen functional groups attached to an aromatic ring is 1. The van der Waals surface area contributed by atoms with Gasteiger partial charge >= 0.3 is 5.97 Å². The Morgan fingerprint density at radius 3 is 2.93 bits per heavy atom. The number of fused-ring (bicyclic) bond motifs is 1. The van der Waals surface area contributed by atoms with E-state index in [4.69, 9.17) is 14.9 Å². The summed E-state index contributed by atoms with van der Waals surface area (Å²) < 4.78 is 16.1. The van der Waals surface area contributed by atoms with Crippen LogP contribution in [0.2, 0.25) is 0 Å². The molecule has 0 saturated carbocycles. The molecule has 8 nitrogen and oxygen atoms in total. The Morgan fingerprint density at radius 1 is 1.27 bits per heavy atom. The fraction of sp³-hybridized carbons (Fsp3) is 0.0952. The van der Waals surface area contributed by atoms with E-state index < -0.39 is 5.97 Å². The maximum absolute atomic E-state index is 11.5. The number of rotatable bonds is 7. The van der Waals surface area contributed by atoms with Gasteiger partial charge in [-0.3, -0.25) is 5.43 Å². The van der Waals surface area contributed by atoms with Gasteiger partial charge in [0, 0.05) is 10.9 Å². The van der Waals surface area contributed by atoms with Crippen LogP contribution in [-0.2, 0) is 11.3 Å². The third-order valence-electron chi connectivity index (χ3n) is 4.22. The number of aromatic nitrogens is 1. The minimum absolute atomic E-state index is 0.128. The van der Waals surface area contributed by atoms with Crippen LogP contribution in [0.3, 0.4) is 0 Å². The van der Waals surface area contributed by atoms with Gasteiger partial charge in [0.2, 0.25) is 10.9 Å². The second-order valence-corrected chi connectivity index (χ2v) is 7.05. The summed E-state index contributed by atoms with van der Waals surface area (Å²) in [6.07, 6.45) is 1.68. The van der Waals surface area contributed by atoms with Gasteiger partial charge in [-0.1, -0.05) is 30.3 Å². The van der Waals surface area contributed by atoms with E-state index in [2.05, 4.69) is 20.2 Å². The largest absolute Gasteiger partial charge is 0.485 e. The summed E-state index contributed by atoms with van der Waals surface area (Å²) in [5, 5.41) is 8.64. The molecule has 4 rings (SSSR count). The smallest absolute Gasteiger partial charge is 0.373 e. The summed E-state index contributed by atoms with van der Waals surface area (Å²) in [4.78, 5) is 15.7. The van der Waals surface area contributed by atoms with E-state index in [1.807, 2.05) is 36.4 Å². The van der Waals surface area contributed by atoms with Crippen LogP contribution in [0.5, 0.6) is 5.75 Å². The van der Waals surface area contributed by atoms with Crippen molar-refractivity contribution < 1.29 is 18.7 Å². The van der Waals surface area contributed by atoms with Crippen LogP contribution >= 0.6 is 11.3 Å². The van der Waals surface area contributed by atoms with Crippen molar-refractivity contribution in [3.8, 4) is 5.75 Å². The van der Waals surface area contributed by atoms with E-state index in [9.17, 15) is 4.79 Å². The van der Waals surface area contributed by atoms with Gasteiger partial charge in [-0.05, 0) is 29.0 Å². The molecule has 0 amide bonds. The Bertz CT molecular complexity index is 1210. The SMILES string of the molecule is COC(=O)c1ccc(COc2ccc3ccccc3c2C=NNc2nc(N)cs2)o1. The highest BCUT2D eigenvalue weighted by atomic mass is 32.1. The Hall–Kier alpha value is -3.85. The molecule has 0 unspecified atom stereocenters. The summed E-state index contributed by atoms with van der Waals surface area (Å²) >= 11 is 1.36. The number of benzene rings is 2. The number of hydrazone groups is 1. The molecule has 0 fully saturated rings. The molecule has 0 atom stereocenters. The number of hydrogen-bond acceptors (Lipinski definition) is 9. The Balaban J connectivity index is 1.58. The maximum atomic E-state index is 11.5. The predicted octanol–water partition coefficient (Wildman–Crippen LogP) is 4.28. The Morgan fingerprint density at radius 2 is 2.13 bits per heavy atom. The van der Waals surface area contributed by atoms with Crippen molar-refractivity contribution in [1.29, 1.82) is 0 Å². The molecule has 0 aliphatic heterocycles. The van der Waals surface area contributed by atoms with E-state index in [-0.39, 0.29) is 12.4 Å². The fourth-order valence-electron chi connectivity index (χ4n) is 2.84. The summed E-state index contributed by atoms with van der Waals surface area (Å²) in [6, 6.07) is 15.0. The zero-order valence-corrected chi connectivity index (χ0v) is 16.8. The number of anilines is 2. The summed E-state index contributed by atoms with van der Waals surface area (Å²) in [5.41, 5.74) is 9.30. The zero-order chi connectivity index (χ0) is 20.9. The first-order chi connectivity index (χ1) is 14.6. The lowest BCUT2D eigenvalue weighted by Crippen LogP contribution is -2.00. The van der Waals surface area contributed by atoms with Gasteiger partial charge in [-0.15, -0.1) is 11.3 Å². The van der Waals surface area contributed by atoms with E-state index in [0.717, 1.165) is 16.3 Å². The minimum atomic E-state index is -0.534. The number of nitrogens with zero attached hydrogens (tertiary/aromatic N) is 2. The van der Waals surface area contributed by atoms with E-state index in [0.29, 0.717) is 22.5 Å². The van der Waals surface area contributed by atoms with Crippen LogP contribution < -0.4 is 15.9 Å². The lowest BCUT2D eigenvalue weighted by atomic mass is 10.0. The van der Waals surface area contributed by atoms with Crippen molar-refractivity contribution in [2.24, 2.45) is 5.10 Å². The lowest BCUT2D eigenvalue weighted by Gasteiger charge is -2.11. The monoisotopic (exact) mass is 422 g/mol. The summed E-state index contributed by atoms with van der Waals surface area (Å²) in [6.45, 7) is 0.145. The molecule has 0 aliphatic rings. The molecule has 0 radical (unpaired) electrons. The number of carbonyl (C=O) groups is 1. The number of esters is 1. The molecule has 2 aromatic carbocycles. The topological polar surface area (TPSA) is 112 Å². The third-order valence-corrected chi connectivity index (χ3v) is 4.99. The summed E-state index contributed by atoms with van der Waals surface area (Å²) in [7, 11) is 1.30. The van der Waals surface area contributed by atoms with E-state index >= 15 is 0 Å². The number of furan rings is 1. The normalized spacial score (nSPS) is 11.1. The highest BCUT2D eigenvalue weighted by Crippen LogP contribution is 2.28. The second-order valence-electron chi connectivity index (χ2n) is 6.19. The van der Waals surface area contributed by atoms with Crippen LogP contribution in [0, 0.1) is 0 Å². The first kappa shape index (κ1) is 19.5. The van der Waals surface area contributed by atoms with Gasteiger partial charge < -0.3 is 19.6 Å². The van der Waals surface area contributed by atoms with Crippen LogP contribution in [0.25, 0.3) is 10.8 Å². The van der Waals surface area contributed by atoms with Gasteiger partial charge in [0.05, 0.1) is 13.3 Å². The van der Waals surface area contributed by atoms with E-state index in [1.165, 1.54) is 18.4 Å². The molecule has 30 heavy (non-hydrogen) atoms. The Labute approximate surface area is 175 Å². The maximum Gasteiger partial charge on any atom is 0.373 e. The van der Waals surface area contributed by atoms with Crippen molar-refractivity contribution in [2.75, 3.05) is 18.3 Å². The Kier molecular flexibility index (Phi) is 5.62. The highest BCUT2D eigenvalue weighted by Gasteiger charge is 2.13. The molecule has 0 bridgehead atoms. The number of carbonyl (C=O) groups excluding carboxylic acids is 1. The number of hydrogen-bond donors (Lipinski definition) is 2. The highest BCUT2D eigenvalue weighted by molar-refractivity contribution is 7.14. The molecule has 0 spiro atoms. The van der Waals surface area contributed by atoms with Crippen molar-refractivity contribution in [3.63, 3.8) is 0 Å². The molecule has 9 heteroatoms. The van der Waals surface area contributed by atoms with Crippen LogP contribution in [-0.4, -0.2) is 24.3 Å². The number of nitrogens with two attached hydrogens (primary N) is 1. The van der Waals surface area contributed by atoms with Gasteiger partial charge in [-0.2, -0.15) is 5.10 Å². The quantitative estimate of drug-likeness (QED) is 0.260. The second kappa shape index (κ2) is 8.66. The average Bonchev–Trinajstić information content (AvgIpc) is 3.41. The molecular weight excluding hydrogens is 404 g/mol. The molecular formula is C21H18N4O4S. The number of nitrogens with one attached hydrogen (secondary N) is 1. The molecule has 4 aromatic rings. The van der Waals surface area contributed by atoms with Crippen LogP contribution in [0.4, 0.5) is 10.9 Å². The molecule has 2 heterocycles. The average molecular weight is 422 g/mol. The van der Waals surface area contributed by atoms with Crippen molar-refractivity contribution in [3.05, 3.63) is 71.0 Å². The van der Waals surface area contributed by atoms with Crippen LogP contribution in [0.15, 0.2) is 63.4 Å². The predicted molar refractivity (Wildman–Crippen MR) is 116 cm³/mol. The number of thiazole rings is 1. The van der Waals surface area contributed by atoms with Gasteiger partial charge in [0.15, 0.2) is 0 Å². The molecule has 0 saturated heterocycles. The lowest BCUT2D eigenvalue weighted by molar-refractivity contribution is 0.0561. The van der Waals surface area contributed by atoms with Crippen molar-refractivity contribution in [1.82, 2.24) is 4.98 Å². The minimum Gasteiger partial charge on any atom is -0.485 e. The van der Waals surface area contributed by atoms with Crippen molar-refractivity contribution in [2.45, 2.75) is 6.61 Å². The standard InChI is InChI=1S/C21H18N4O4S/c1-27-20(26)18-9-7-14(29-18)11-28-17-8-6-13-4-2-3-5-15(13)16(17)10-23-25-21-24-19(22)12-30-21/h2-10,12H,11,22H2,1H3,(H,24,25). The third kappa shape index (κ3) is 4.26. The fourth-order valence-corrected chi connectivity index (χ4v) is 3.39. The van der Waals surface area contributed by atoms with Gasteiger partial charge in [-0.25, -0.2) is 9.78 Å². The van der Waals surface area contributed by atoms with Gasteiger partial charge in [0.25, 0.3) is 0 Å². The summed E-state index contributed by atoms with van der Waals surface area (Å²) in [5.74, 6) is 1.16. The van der Waals surface area contributed by atoms with E-state index in [1.54, 1.807) is 23.7 Å². The number of methoxy groups -OCH3 is 1. The van der Waals surface area contributed by atoms with Crippen molar-refractivity contribution >= 4 is 45.2 Å². The molecule has 0 aliphatic carbocycles. The van der Waals surface area contributed by atoms with Gasteiger partial charge in [0.1, 0.15) is 23.9 Å². The van der Waals surface area contributed by atoms with Crippen LogP contribution in [0.1, 0.15) is 21.9 Å².